The van der Waals surface area contributed by atoms with Gasteiger partial charge in [-0.1, -0.05) is 12.2 Å². The van der Waals surface area contributed by atoms with Gasteiger partial charge in [0.05, 0.1) is 12.0 Å². The molecule has 76 valence electrons. The molecule has 0 spiro atoms. The third-order valence-electron chi connectivity index (χ3n) is 2.01. The van der Waals surface area contributed by atoms with Crippen molar-refractivity contribution in [3.05, 3.63) is 47.0 Å². The maximum absolute atomic E-state index is 5.54. The van der Waals surface area contributed by atoms with Crippen molar-refractivity contribution in [3.8, 4) is 5.69 Å². The zero-order valence-electron chi connectivity index (χ0n) is 7.72. The van der Waals surface area contributed by atoms with E-state index in [0.717, 1.165) is 15.7 Å². The molecule has 0 unspecified atom stereocenters. The van der Waals surface area contributed by atoms with Crippen LogP contribution >= 0.6 is 28.1 Å². The molecular formula is C10H8BrN3S. The van der Waals surface area contributed by atoms with Gasteiger partial charge in [0.1, 0.15) is 4.99 Å². The third-order valence-corrected chi connectivity index (χ3v) is 2.89. The molecule has 2 N–H and O–H groups in total. The Kier molecular flexibility index (Phi) is 2.83. The Morgan fingerprint density at radius 2 is 2.27 bits per heavy atom. The molecule has 2 rings (SSSR count). The second kappa shape index (κ2) is 4.12. The molecule has 0 saturated heterocycles. The van der Waals surface area contributed by atoms with E-state index < -0.39 is 0 Å². The van der Waals surface area contributed by atoms with E-state index in [2.05, 4.69) is 20.9 Å². The standard InChI is InChI=1S/C10H8BrN3S/c11-8-5-7(10(12)15)1-2-9(8)14-4-3-13-6-14/h1-6H,(H2,12,15). The van der Waals surface area contributed by atoms with Gasteiger partial charge in [-0.3, -0.25) is 0 Å². The summed E-state index contributed by atoms with van der Waals surface area (Å²) in [4.78, 5) is 4.39. The first-order valence-electron chi connectivity index (χ1n) is 4.26. The molecule has 0 aliphatic carbocycles. The van der Waals surface area contributed by atoms with Gasteiger partial charge in [-0.25, -0.2) is 4.98 Å². The normalized spacial score (nSPS) is 10.2. The second-order valence-electron chi connectivity index (χ2n) is 3.00. The van der Waals surface area contributed by atoms with Gasteiger partial charge in [-0.2, -0.15) is 0 Å². The molecule has 0 aliphatic heterocycles. The molecule has 1 aromatic heterocycles. The lowest BCUT2D eigenvalue weighted by atomic mass is 10.2. The first kappa shape index (κ1) is 10.3. The van der Waals surface area contributed by atoms with Gasteiger partial charge in [-0.15, -0.1) is 0 Å². The van der Waals surface area contributed by atoms with Crippen LogP contribution in [-0.2, 0) is 0 Å². The summed E-state index contributed by atoms with van der Waals surface area (Å²) >= 11 is 8.38. The van der Waals surface area contributed by atoms with E-state index in [4.69, 9.17) is 18.0 Å². The van der Waals surface area contributed by atoms with Crippen LogP contribution < -0.4 is 5.73 Å². The number of aromatic nitrogens is 2. The molecule has 0 amide bonds. The Bertz CT molecular complexity index is 493. The molecule has 0 atom stereocenters. The lowest BCUT2D eigenvalue weighted by Gasteiger charge is -2.06. The number of benzene rings is 1. The molecule has 0 aliphatic rings. The number of thiocarbonyl (C=S) groups is 1. The Labute approximate surface area is 101 Å². The minimum absolute atomic E-state index is 0.396. The van der Waals surface area contributed by atoms with Crippen molar-refractivity contribution in [2.45, 2.75) is 0 Å². The average molecular weight is 282 g/mol. The number of nitrogens with two attached hydrogens (primary N) is 1. The minimum Gasteiger partial charge on any atom is -0.389 e. The number of halogens is 1. The van der Waals surface area contributed by atoms with Gasteiger partial charge in [0.2, 0.25) is 0 Å². The maximum atomic E-state index is 5.54. The molecule has 0 fully saturated rings. The van der Waals surface area contributed by atoms with E-state index in [9.17, 15) is 0 Å². The summed E-state index contributed by atoms with van der Waals surface area (Å²) in [6, 6.07) is 5.74. The Hall–Kier alpha value is -1.20. The average Bonchev–Trinajstić information content (AvgIpc) is 2.70. The lowest BCUT2D eigenvalue weighted by molar-refractivity contribution is 1.05. The van der Waals surface area contributed by atoms with Crippen LogP contribution in [0.5, 0.6) is 0 Å². The number of hydrogen-bond donors (Lipinski definition) is 1. The first-order chi connectivity index (χ1) is 7.18. The fraction of sp³-hybridized carbons (Fsp3) is 0. The largest absolute Gasteiger partial charge is 0.389 e. The second-order valence-corrected chi connectivity index (χ2v) is 4.29. The summed E-state index contributed by atoms with van der Waals surface area (Å²) in [6.45, 7) is 0. The SMILES string of the molecule is NC(=S)c1ccc(-n2ccnc2)c(Br)c1. The van der Waals surface area contributed by atoms with Crippen LogP contribution in [0.2, 0.25) is 0 Å². The molecule has 1 heterocycles. The molecule has 0 radical (unpaired) electrons. The quantitative estimate of drug-likeness (QED) is 0.859. The Morgan fingerprint density at radius 3 is 2.80 bits per heavy atom. The zero-order chi connectivity index (χ0) is 10.8. The summed E-state index contributed by atoms with van der Waals surface area (Å²) in [5, 5.41) is 0. The van der Waals surface area contributed by atoms with Crippen molar-refractivity contribution in [1.82, 2.24) is 9.55 Å². The molecule has 0 bridgehead atoms. The van der Waals surface area contributed by atoms with E-state index in [1.54, 1.807) is 12.5 Å². The molecule has 1 aromatic carbocycles. The van der Waals surface area contributed by atoms with Gasteiger partial charge >= 0.3 is 0 Å². The summed E-state index contributed by atoms with van der Waals surface area (Å²) in [6.07, 6.45) is 5.34. The van der Waals surface area contributed by atoms with E-state index in [-0.39, 0.29) is 0 Å². The van der Waals surface area contributed by atoms with Crippen LogP contribution in [0.25, 0.3) is 5.69 Å². The van der Waals surface area contributed by atoms with E-state index in [0.29, 0.717) is 4.99 Å². The highest BCUT2D eigenvalue weighted by Gasteiger charge is 2.04. The Balaban J connectivity index is 2.48. The Morgan fingerprint density at radius 1 is 1.47 bits per heavy atom. The number of hydrogen-bond acceptors (Lipinski definition) is 2. The van der Waals surface area contributed by atoms with Crippen molar-refractivity contribution in [1.29, 1.82) is 0 Å². The van der Waals surface area contributed by atoms with Crippen LogP contribution in [0.15, 0.2) is 41.4 Å². The summed E-state index contributed by atoms with van der Waals surface area (Å²) < 4.78 is 2.85. The monoisotopic (exact) mass is 281 g/mol. The van der Waals surface area contributed by atoms with Crippen LogP contribution in [0.3, 0.4) is 0 Å². The summed E-state index contributed by atoms with van der Waals surface area (Å²) in [5.74, 6) is 0. The summed E-state index contributed by atoms with van der Waals surface area (Å²) in [5.41, 5.74) is 7.40. The van der Waals surface area contributed by atoms with Crippen LogP contribution in [0.4, 0.5) is 0 Å². The highest BCUT2D eigenvalue weighted by Crippen LogP contribution is 2.22. The van der Waals surface area contributed by atoms with Crippen molar-refractivity contribution in [2.24, 2.45) is 5.73 Å². The third kappa shape index (κ3) is 2.08. The van der Waals surface area contributed by atoms with Gasteiger partial charge in [0, 0.05) is 22.4 Å². The van der Waals surface area contributed by atoms with Crippen molar-refractivity contribution < 1.29 is 0 Å². The predicted octanol–water partition coefficient (Wildman–Crippen LogP) is 2.27. The number of nitrogens with zero attached hydrogens (tertiary/aromatic N) is 2. The van der Waals surface area contributed by atoms with Crippen LogP contribution in [0, 0.1) is 0 Å². The summed E-state index contributed by atoms with van der Waals surface area (Å²) in [7, 11) is 0. The van der Waals surface area contributed by atoms with Crippen LogP contribution in [-0.4, -0.2) is 14.5 Å². The van der Waals surface area contributed by atoms with Crippen molar-refractivity contribution in [2.75, 3.05) is 0 Å². The predicted molar refractivity (Wildman–Crippen MR) is 67.2 cm³/mol. The molecule has 3 nitrogen and oxygen atoms in total. The van der Waals surface area contributed by atoms with Crippen molar-refractivity contribution >= 4 is 33.1 Å². The molecule has 15 heavy (non-hydrogen) atoms. The highest BCUT2D eigenvalue weighted by molar-refractivity contribution is 9.10. The fourth-order valence-electron chi connectivity index (χ4n) is 1.27. The highest BCUT2D eigenvalue weighted by atomic mass is 79.9. The van der Waals surface area contributed by atoms with Crippen molar-refractivity contribution in [3.63, 3.8) is 0 Å². The number of rotatable bonds is 2. The van der Waals surface area contributed by atoms with E-state index in [1.165, 1.54) is 0 Å². The minimum atomic E-state index is 0.396. The number of imidazole rings is 1. The topological polar surface area (TPSA) is 43.8 Å². The lowest BCUT2D eigenvalue weighted by Crippen LogP contribution is -2.09. The fourth-order valence-corrected chi connectivity index (χ4v) is 1.98. The van der Waals surface area contributed by atoms with E-state index >= 15 is 0 Å². The van der Waals surface area contributed by atoms with Gasteiger partial charge < -0.3 is 10.3 Å². The molecule has 2 aromatic rings. The maximum Gasteiger partial charge on any atom is 0.104 e. The first-order valence-corrected chi connectivity index (χ1v) is 5.46. The van der Waals surface area contributed by atoms with Crippen LogP contribution in [0.1, 0.15) is 5.56 Å². The van der Waals surface area contributed by atoms with Gasteiger partial charge in [0.25, 0.3) is 0 Å². The molecule has 0 saturated carbocycles. The smallest absolute Gasteiger partial charge is 0.104 e. The van der Waals surface area contributed by atoms with E-state index in [1.807, 2.05) is 29.0 Å². The van der Waals surface area contributed by atoms with Gasteiger partial charge in [-0.05, 0) is 34.1 Å². The molecule has 5 heteroatoms. The zero-order valence-corrected chi connectivity index (χ0v) is 10.1. The molecular weight excluding hydrogens is 274 g/mol. The van der Waals surface area contributed by atoms with Gasteiger partial charge in [0.15, 0.2) is 0 Å².